The molecule has 0 aromatic rings. The summed E-state index contributed by atoms with van der Waals surface area (Å²) in [5.41, 5.74) is 6.12. The van der Waals surface area contributed by atoms with E-state index in [1.165, 1.54) is 38.6 Å². The van der Waals surface area contributed by atoms with Crippen LogP contribution < -0.4 is 5.73 Å². The summed E-state index contributed by atoms with van der Waals surface area (Å²) >= 11 is 0. The van der Waals surface area contributed by atoms with E-state index in [1.807, 2.05) is 0 Å². The van der Waals surface area contributed by atoms with Crippen LogP contribution in [0.2, 0.25) is 0 Å². The Morgan fingerprint density at radius 2 is 1.89 bits per heavy atom. The first-order valence-electron chi connectivity index (χ1n) is 7.67. The zero-order valence-electron chi connectivity index (χ0n) is 12.7. The second-order valence-electron chi connectivity index (χ2n) is 6.40. The highest BCUT2D eigenvalue weighted by Crippen LogP contribution is 2.41. The standard InChI is InChI=1S/C15H30N2O2/c1-15(11-16,10-14(18-2)19-3)17-9-5-7-12-6-4-8-13(12)17/h12-14H,4-11,16H2,1-3H3. The molecule has 0 aromatic carbocycles. The lowest BCUT2D eigenvalue weighted by Crippen LogP contribution is -2.60. The molecule has 1 saturated heterocycles. The molecule has 112 valence electrons. The van der Waals surface area contributed by atoms with Crippen molar-refractivity contribution in [1.82, 2.24) is 4.90 Å². The fourth-order valence-electron chi connectivity index (χ4n) is 4.06. The average molecular weight is 270 g/mol. The van der Waals surface area contributed by atoms with Crippen LogP contribution >= 0.6 is 0 Å². The number of fused-ring (bicyclic) bond motifs is 1. The maximum atomic E-state index is 6.13. The zero-order valence-corrected chi connectivity index (χ0v) is 12.7. The Morgan fingerprint density at radius 1 is 1.21 bits per heavy atom. The van der Waals surface area contributed by atoms with Crippen LogP contribution in [0.15, 0.2) is 0 Å². The minimum absolute atomic E-state index is 0.00956. The van der Waals surface area contributed by atoms with Gasteiger partial charge in [-0.05, 0) is 45.1 Å². The molecule has 19 heavy (non-hydrogen) atoms. The van der Waals surface area contributed by atoms with Crippen molar-refractivity contribution in [3.63, 3.8) is 0 Å². The van der Waals surface area contributed by atoms with Crippen molar-refractivity contribution in [2.45, 2.75) is 63.3 Å². The summed E-state index contributed by atoms with van der Waals surface area (Å²) in [7, 11) is 3.42. The molecule has 4 heteroatoms. The van der Waals surface area contributed by atoms with E-state index >= 15 is 0 Å². The molecule has 1 aliphatic carbocycles. The molecule has 3 unspecified atom stereocenters. The van der Waals surface area contributed by atoms with Gasteiger partial charge < -0.3 is 15.2 Å². The van der Waals surface area contributed by atoms with E-state index in [0.717, 1.165) is 18.4 Å². The van der Waals surface area contributed by atoms with Gasteiger partial charge >= 0.3 is 0 Å². The highest BCUT2D eigenvalue weighted by atomic mass is 16.7. The molecule has 2 fully saturated rings. The molecular weight excluding hydrogens is 240 g/mol. The maximum Gasteiger partial charge on any atom is 0.158 e. The van der Waals surface area contributed by atoms with Crippen LogP contribution in [0.4, 0.5) is 0 Å². The first-order valence-corrected chi connectivity index (χ1v) is 7.67. The predicted molar refractivity (Wildman–Crippen MR) is 77.0 cm³/mol. The van der Waals surface area contributed by atoms with Crippen LogP contribution in [-0.2, 0) is 9.47 Å². The van der Waals surface area contributed by atoms with E-state index in [0.29, 0.717) is 6.54 Å². The number of likely N-dealkylation sites (tertiary alicyclic amines) is 1. The normalized spacial score (nSPS) is 31.4. The van der Waals surface area contributed by atoms with Crippen molar-refractivity contribution in [2.24, 2.45) is 11.7 Å². The number of hydrogen-bond acceptors (Lipinski definition) is 4. The third-order valence-corrected chi connectivity index (χ3v) is 5.26. The summed E-state index contributed by atoms with van der Waals surface area (Å²) in [6.07, 6.45) is 7.52. The number of piperidine rings is 1. The van der Waals surface area contributed by atoms with Gasteiger partial charge in [0, 0.05) is 38.8 Å². The van der Waals surface area contributed by atoms with Crippen molar-refractivity contribution >= 4 is 0 Å². The fraction of sp³-hybridized carbons (Fsp3) is 1.00. The summed E-state index contributed by atoms with van der Waals surface area (Å²) in [5.74, 6) is 0.892. The van der Waals surface area contributed by atoms with Gasteiger partial charge in [-0.2, -0.15) is 0 Å². The Bertz CT molecular complexity index is 283. The lowest BCUT2D eigenvalue weighted by molar-refractivity contribution is -0.135. The van der Waals surface area contributed by atoms with E-state index in [9.17, 15) is 0 Å². The van der Waals surface area contributed by atoms with Gasteiger partial charge in [-0.3, -0.25) is 4.90 Å². The SMILES string of the molecule is COC(CC(C)(CN)N1CCCC2CCCC21)OC. The number of nitrogens with zero attached hydrogens (tertiary/aromatic N) is 1. The Balaban J connectivity index is 2.10. The Morgan fingerprint density at radius 3 is 2.53 bits per heavy atom. The van der Waals surface area contributed by atoms with Gasteiger partial charge in [-0.25, -0.2) is 0 Å². The van der Waals surface area contributed by atoms with E-state index in [2.05, 4.69) is 11.8 Å². The van der Waals surface area contributed by atoms with Crippen LogP contribution in [0.1, 0.15) is 45.4 Å². The van der Waals surface area contributed by atoms with Gasteiger partial charge in [0.25, 0.3) is 0 Å². The molecule has 0 bridgehead atoms. The molecule has 0 aromatic heterocycles. The smallest absolute Gasteiger partial charge is 0.158 e. The minimum Gasteiger partial charge on any atom is -0.356 e. The van der Waals surface area contributed by atoms with Crippen LogP contribution in [0.5, 0.6) is 0 Å². The van der Waals surface area contributed by atoms with E-state index < -0.39 is 0 Å². The van der Waals surface area contributed by atoms with E-state index in [-0.39, 0.29) is 11.8 Å². The third kappa shape index (κ3) is 3.13. The van der Waals surface area contributed by atoms with Crippen LogP contribution in [0.3, 0.4) is 0 Å². The van der Waals surface area contributed by atoms with E-state index in [4.69, 9.17) is 15.2 Å². The van der Waals surface area contributed by atoms with Crippen LogP contribution in [0, 0.1) is 5.92 Å². The summed E-state index contributed by atoms with van der Waals surface area (Å²) in [6.45, 7) is 4.12. The van der Waals surface area contributed by atoms with Gasteiger partial charge in [-0.1, -0.05) is 6.42 Å². The van der Waals surface area contributed by atoms with Gasteiger partial charge in [0.1, 0.15) is 0 Å². The van der Waals surface area contributed by atoms with Crippen molar-refractivity contribution in [2.75, 3.05) is 27.3 Å². The Kier molecular flexibility index (Phi) is 5.23. The summed E-state index contributed by atoms with van der Waals surface area (Å²) < 4.78 is 10.8. The molecule has 0 amide bonds. The highest BCUT2D eigenvalue weighted by molar-refractivity contribution is 4.98. The largest absolute Gasteiger partial charge is 0.356 e. The van der Waals surface area contributed by atoms with Crippen LogP contribution in [-0.4, -0.2) is 50.1 Å². The number of methoxy groups -OCH3 is 2. The number of nitrogens with two attached hydrogens (primary N) is 1. The molecule has 1 heterocycles. The third-order valence-electron chi connectivity index (χ3n) is 5.26. The highest BCUT2D eigenvalue weighted by Gasteiger charge is 2.43. The average Bonchev–Trinajstić information content (AvgIpc) is 2.92. The molecule has 0 radical (unpaired) electrons. The minimum atomic E-state index is -0.157. The van der Waals surface area contributed by atoms with Crippen molar-refractivity contribution in [3.05, 3.63) is 0 Å². The summed E-state index contributed by atoms with van der Waals surface area (Å²) in [5, 5.41) is 0. The lowest BCUT2D eigenvalue weighted by Gasteiger charge is -2.49. The van der Waals surface area contributed by atoms with Gasteiger partial charge in [0.05, 0.1) is 0 Å². The van der Waals surface area contributed by atoms with Gasteiger partial charge in [0.2, 0.25) is 0 Å². The first-order chi connectivity index (χ1) is 9.14. The van der Waals surface area contributed by atoms with Gasteiger partial charge in [0.15, 0.2) is 6.29 Å². The molecule has 2 N–H and O–H groups in total. The molecule has 2 rings (SSSR count). The predicted octanol–water partition coefficient (Wildman–Crippen LogP) is 1.98. The molecule has 3 atom stereocenters. The van der Waals surface area contributed by atoms with Crippen LogP contribution in [0.25, 0.3) is 0 Å². The zero-order chi connectivity index (χ0) is 13.9. The quantitative estimate of drug-likeness (QED) is 0.750. The topological polar surface area (TPSA) is 47.7 Å². The Labute approximate surface area is 117 Å². The maximum absolute atomic E-state index is 6.13. The fourth-order valence-corrected chi connectivity index (χ4v) is 4.06. The molecule has 4 nitrogen and oxygen atoms in total. The first kappa shape index (κ1) is 15.2. The van der Waals surface area contributed by atoms with Crippen molar-refractivity contribution in [3.8, 4) is 0 Å². The molecule has 2 aliphatic rings. The molecule has 1 aliphatic heterocycles. The van der Waals surface area contributed by atoms with Crippen molar-refractivity contribution < 1.29 is 9.47 Å². The summed E-state index contributed by atoms with van der Waals surface area (Å²) in [4.78, 5) is 2.67. The summed E-state index contributed by atoms with van der Waals surface area (Å²) in [6, 6.07) is 0.733. The second kappa shape index (κ2) is 6.53. The molecule has 0 spiro atoms. The number of rotatable bonds is 6. The second-order valence-corrected chi connectivity index (χ2v) is 6.40. The number of ether oxygens (including phenoxy) is 2. The van der Waals surface area contributed by atoms with Gasteiger partial charge in [-0.15, -0.1) is 0 Å². The molecular formula is C15H30N2O2. The van der Waals surface area contributed by atoms with E-state index in [1.54, 1.807) is 14.2 Å². The van der Waals surface area contributed by atoms with Crippen molar-refractivity contribution in [1.29, 1.82) is 0 Å². The lowest BCUT2D eigenvalue weighted by atomic mass is 9.85. The monoisotopic (exact) mass is 270 g/mol. The number of hydrogen-bond donors (Lipinski definition) is 1. The Hall–Kier alpha value is -0.160. The molecule has 1 saturated carbocycles.